The summed E-state index contributed by atoms with van der Waals surface area (Å²) in [7, 11) is 5.74. The molecule has 0 unspecified atom stereocenters. The lowest BCUT2D eigenvalue weighted by Gasteiger charge is -2.19. The maximum Gasteiger partial charge on any atom is 0.258 e. The lowest BCUT2D eigenvalue weighted by molar-refractivity contribution is 0.0993. The van der Waals surface area contributed by atoms with E-state index >= 15 is 0 Å². The van der Waals surface area contributed by atoms with Crippen molar-refractivity contribution in [2.24, 2.45) is 0 Å². The fraction of sp³-hybridized carbons (Fsp3) is 0.167. The number of carbonyl (C=O) groups is 1. The predicted molar refractivity (Wildman–Crippen MR) is 94.9 cm³/mol. The molecule has 122 valence electrons. The molecule has 1 amide bonds. The Kier molecular flexibility index (Phi) is 4.29. The maximum absolute atomic E-state index is 12.8. The molecule has 0 saturated heterocycles. The Morgan fingerprint density at radius 2 is 1.71 bits per heavy atom. The first-order valence-electron chi connectivity index (χ1n) is 7.57. The van der Waals surface area contributed by atoms with Gasteiger partial charge in [0.1, 0.15) is 12.7 Å². The molecular formula is C18H19N5O. The fourth-order valence-electron chi connectivity index (χ4n) is 2.41. The summed E-state index contributed by atoms with van der Waals surface area (Å²) in [4.78, 5) is 20.3. The van der Waals surface area contributed by atoms with E-state index in [0.29, 0.717) is 5.56 Å². The van der Waals surface area contributed by atoms with Crippen LogP contribution in [-0.2, 0) is 0 Å². The minimum Gasteiger partial charge on any atom is -0.378 e. The van der Waals surface area contributed by atoms with Crippen LogP contribution >= 0.6 is 0 Å². The summed E-state index contributed by atoms with van der Waals surface area (Å²) in [6.07, 6.45) is 3.07. The summed E-state index contributed by atoms with van der Waals surface area (Å²) in [6, 6.07) is 15.2. The van der Waals surface area contributed by atoms with E-state index in [1.807, 2.05) is 61.5 Å². The van der Waals surface area contributed by atoms with Crippen molar-refractivity contribution in [3.8, 4) is 5.69 Å². The van der Waals surface area contributed by atoms with E-state index in [4.69, 9.17) is 0 Å². The van der Waals surface area contributed by atoms with E-state index in [1.165, 1.54) is 6.33 Å². The van der Waals surface area contributed by atoms with Gasteiger partial charge in [-0.15, -0.1) is 0 Å². The molecule has 0 radical (unpaired) electrons. The topological polar surface area (TPSA) is 54.3 Å². The molecule has 0 fully saturated rings. The number of benzene rings is 2. The largest absolute Gasteiger partial charge is 0.378 e. The normalized spacial score (nSPS) is 10.5. The van der Waals surface area contributed by atoms with Crippen molar-refractivity contribution < 1.29 is 4.79 Å². The van der Waals surface area contributed by atoms with Gasteiger partial charge in [0.05, 0.1) is 5.69 Å². The van der Waals surface area contributed by atoms with Crippen LogP contribution in [0.3, 0.4) is 0 Å². The lowest BCUT2D eigenvalue weighted by atomic mass is 10.1. The second-order valence-corrected chi connectivity index (χ2v) is 5.67. The Bertz CT molecular complexity index is 825. The lowest BCUT2D eigenvalue weighted by Crippen LogP contribution is -2.26. The van der Waals surface area contributed by atoms with Crippen LogP contribution in [0, 0.1) is 0 Å². The molecule has 0 N–H and O–H groups in total. The molecular weight excluding hydrogens is 302 g/mol. The molecule has 1 heterocycles. The molecule has 0 aliphatic carbocycles. The Balaban J connectivity index is 1.84. The van der Waals surface area contributed by atoms with Crippen LogP contribution in [0.25, 0.3) is 5.69 Å². The fourth-order valence-corrected chi connectivity index (χ4v) is 2.41. The summed E-state index contributed by atoms with van der Waals surface area (Å²) >= 11 is 0. The van der Waals surface area contributed by atoms with E-state index < -0.39 is 0 Å². The average molecular weight is 321 g/mol. The Morgan fingerprint density at radius 1 is 1.00 bits per heavy atom. The van der Waals surface area contributed by atoms with Crippen LogP contribution < -0.4 is 9.80 Å². The van der Waals surface area contributed by atoms with Crippen molar-refractivity contribution in [2.45, 2.75) is 0 Å². The first-order chi connectivity index (χ1) is 11.6. The average Bonchev–Trinajstić information content (AvgIpc) is 3.15. The van der Waals surface area contributed by atoms with Gasteiger partial charge in [0.25, 0.3) is 5.91 Å². The van der Waals surface area contributed by atoms with Gasteiger partial charge in [-0.25, -0.2) is 9.67 Å². The maximum atomic E-state index is 12.8. The quantitative estimate of drug-likeness (QED) is 0.741. The Labute approximate surface area is 141 Å². The molecule has 0 saturated carbocycles. The van der Waals surface area contributed by atoms with Crippen LogP contribution in [-0.4, -0.2) is 41.8 Å². The van der Waals surface area contributed by atoms with Crippen LogP contribution in [0.5, 0.6) is 0 Å². The van der Waals surface area contributed by atoms with Gasteiger partial charge in [-0.1, -0.05) is 6.07 Å². The molecule has 2 aromatic carbocycles. The monoisotopic (exact) mass is 321 g/mol. The van der Waals surface area contributed by atoms with Crippen LogP contribution in [0.1, 0.15) is 10.4 Å². The number of anilines is 2. The van der Waals surface area contributed by atoms with Crippen molar-refractivity contribution in [2.75, 3.05) is 30.9 Å². The predicted octanol–water partition coefficient (Wildman–Crippen LogP) is 2.61. The summed E-state index contributed by atoms with van der Waals surface area (Å²) in [6.45, 7) is 0. The zero-order valence-electron chi connectivity index (χ0n) is 13.9. The zero-order valence-corrected chi connectivity index (χ0v) is 13.9. The summed E-state index contributed by atoms with van der Waals surface area (Å²) in [5, 5.41) is 4.09. The van der Waals surface area contributed by atoms with E-state index in [1.54, 1.807) is 29.0 Å². The first kappa shape index (κ1) is 15.7. The van der Waals surface area contributed by atoms with Gasteiger partial charge in [-0.2, -0.15) is 5.10 Å². The van der Waals surface area contributed by atoms with E-state index in [2.05, 4.69) is 10.1 Å². The molecule has 6 nitrogen and oxygen atoms in total. The molecule has 0 bridgehead atoms. The smallest absolute Gasteiger partial charge is 0.258 e. The number of carbonyl (C=O) groups excluding carboxylic acids is 1. The van der Waals surface area contributed by atoms with Gasteiger partial charge in [-0.05, 0) is 42.5 Å². The third kappa shape index (κ3) is 3.12. The summed E-state index contributed by atoms with van der Waals surface area (Å²) in [5.74, 6) is -0.0745. The van der Waals surface area contributed by atoms with Crippen molar-refractivity contribution in [1.82, 2.24) is 14.8 Å². The standard InChI is InChI=1S/C18H19N5O/c1-21(2)15-7-9-16(10-8-15)22(3)18(24)14-5-4-6-17(11-14)23-13-19-12-20-23/h4-13H,1-3H3. The molecule has 24 heavy (non-hydrogen) atoms. The van der Waals surface area contributed by atoms with E-state index in [-0.39, 0.29) is 5.91 Å². The summed E-state index contributed by atoms with van der Waals surface area (Å²) in [5.41, 5.74) is 3.33. The SMILES string of the molecule is CN(C)c1ccc(N(C)C(=O)c2cccc(-n3cncn3)c2)cc1. The number of hydrogen-bond acceptors (Lipinski definition) is 4. The molecule has 6 heteroatoms. The molecule has 0 aliphatic rings. The van der Waals surface area contributed by atoms with Crippen LogP contribution in [0.15, 0.2) is 61.2 Å². The molecule has 3 aromatic rings. The first-order valence-corrected chi connectivity index (χ1v) is 7.57. The van der Waals surface area contributed by atoms with E-state index in [9.17, 15) is 4.79 Å². The van der Waals surface area contributed by atoms with Crippen LogP contribution in [0.2, 0.25) is 0 Å². The zero-order chi connectivity index (χ0) is 17.1. The number of nitrogens with zero attached hydrogens (tertiary/aromatic N) is 5. The molecule has 0 atom stereocenters. The third-order valence-electron chi connectivity index (χ3n) is 3.83. The third-order valence-corrected chi connectivity index (χ3v) is 3.83. The van der Waals surface area contributed by atoms with Gasteiger partial charge >= 0.3 is 0 Å². The van der Waals surface area contributed by atoms with Gasteiger partial charge in [0.15, 0.2) is 0 Å². The number of aromatic nitrogens is 3. The number of rotatable bonds is 4. The van der Waals surface area contributed by atoms with Crippen molar-refractivity contribution in [3.05, 3.63) is 66.7 Å². The molecule has 0 spiro atoms. The molecule has 0 aliphatic heterocycles. The van der Waals surface area contributed by atoms with E-state index in [0.717, 1.165) is 17.1 Å². The second-order valence-electron chi connectivity index (χ2n) is 5.67. The van der Waals surface area contributed by atoms with Crippen molar-refractivity contribution >= 4 is 17.3 Å². The molecule has 3 rings (SSSR count). The van der Waals surface area contributed by atoms with Gasteiger partial charge in [0.2, 0.25) is 0 Å². The highest BCUT2D eigenvalue weighted by molar-refractivity contribution is 6.06. The van der Waals surface area contributed by atoms with Gasteiger partial charge in [-0.3, -0.25) is 4.79 Å². The summed E-state index contributed by atoms with van der Waals surface area (Å²) < 4.78 is 1.63. The Morgan fingerprint density at radius 3 is 2.33 bits per heavy atom. The Hall–Kier alpha value is -3.15. The highest BCUT2D eigenvalue weighted by Gasteiger charge is 2.14. The number of hydrogen-bond donors (Lipinski definition) is 0. The van der Waals surface area contributed by atoms with Crippen molar-refractivity contribution in [3.63, 3.8) is 0 Å². The highest BCUT2D eigenvalue weighted by Crippen LogP contribution is 2.20. The number of amides is 1. The molecule has 1 aromatic heterocycles. The van der Waals surface area contributed by atoms with Crippen molar-refractivity contribution in [1.29, 1.82) is 0 Å². The highest BCUT2D eigenvalue weighted by atomic mass is 16.2. The van der Waals surface area contributed by atoms with Gasteiger partial charge < -0.3 is 9.80 Å². The minimum atomic E-state index is -0.0745. The van der Waals surface area contributed by atoms with Gasteiger partial charge in [0, 0.05) is 38.1 Å². The van der Waals surface area contributed by atoms with Crippen LogP contribution in [0.4, 0.5) is 11.4 Å². The minimum absolute atomic E-state index is 0.0745. The second kappa shape index (κ2) is 6.54.